The maximum atomic E-state index is 12.9. The van der Waals surface area contributed by atoms with E-state index in [-0.39, 0.29) is 11.9 Å². The molecule has 1 aliphatic heterocycles. The lowest BCUT2D eigenvalue weighted by Crippen LogP contribution is -2.50. The molecule has 1 fully saturated rings. The van der Waals surface area contributed by atoms with Gasteiger partial charge in [0.15, 0.2) is 0 Å². The normalized spacial score (nSPS) is 16.8. The summed E-state index contributed by atoms with van der Waals surface area (Å²) >= 11 is 1.66. The molecule has 0 bridgehead atoms. The van der Waals surface area contributed by atoms with Crippen LogP contribution in [0.3, 0.4) is 0 Å². The third kappa shape index (κ3) is 4.38. The van der Waals surface area contributed by atoms with E-state index in [1.807, 2.05) is 30.3 Å². The van der Waals surface area contributed by atoms with Crippen LogP contribution in [0, 0.1) is 0 Å². The van der Waals surface area contributed by atoms with Crippen LogP contribution in [0.4, 0.5) is 0 Å². The number of hydrogen-bond donors (Lipinski definition) is 0. The number of rotatable bonds is 5. The summed E-state index contributed by atoms with van der Waals surface area (Å²) in [6.45, 7) is 2.62. The summed E-state index contributed by atoms with van der Waals surface area (Å²) in [6.07, 6.45) is 0. The second-order valence-electron chi connectivity index (χ2n) is 5.78. The highest BCUT2D eigenvalue weighted by Crippen LogP contribution is 2.24. The second-order valence-corrected chi connectivity index (χ2v) is 6.93. The van der Waals surface area contributed by atoms with E-state index in [1.165, 1.54) is 0 Å². The molecular weight excluding hydrogens is 350 g/mol. The summed E-state index contributed by atoms with van der Waals surface area (Å²) in [7, 11) is 0. The van der Waals surface area contributed by atoms with Crippen LogP contribution in [0.1, 0.15) is 17.3 Å². The van der Waals surface area contributed by atoms with E-state index < -0.39 is 6.04 Å². The molecule has 1 unspecified atom stereocenters. The smallest absolute Gasteiger partial charge is 0.329 e. The van der Waals surface area contributed by atoms with Crippen molar-refractivity contribution in [3.05, 3.63) is 60.2 Å². The molecular formula is C20H21NO4S. The molecule has 0 N–H and O–H groups in total. The number of benzene rings is 2. The van der Waals surface area contributed by atoms with Crippen LogP contribution in [-0.2, 0) is 9.53 Å². The van der Waals surface area contributed by atoms with E-state index in [0.717, 1.165) is 11.5 Å². The summed E-state index contributed by atoms with van der Waals surface area (Å²) < 4.78 is 10.9. The van der Waals surface area contributed by atoms with Gasteiger partial charge in [-0.3, -0.25) is 4.79 Å². The van der Waals surface area contributed by atoms with Crippen LogP contribution in [0.15, 0.2) is 54.6 Å². The van der Waals surface area contributed by atoms with Gasteiger partial charge >= 0.3 is 5.97 Å². The zero-order valence-corrected chi connectivity index (χ0v) is 15.4. The lowest BCUT2D eigenvalue weighted by molar-refractivity contribution is -0.147. The standard InChI is InChI=1S/C20H21NO4S/c1-2-24-20(23)18-14-26-13-12-21(18)19(22)15-8-10-17(11-9-15)25-16-6-4-3-5-7-16/h3-11,18H,2,12-14H2,1H3. The van der Waals surface area contributed by atoms with Crippen molar-refractivity contribution in [3.8, 4) is 11.5 Å². The van der Waals surface area contributed by atoms with Crippen molar-refractivity contribution in [1.82, 2.24) is 4.90 Å². The molecule has 136 valence electrons. The van der Waals surface area contributed by atoms with E-state index in [9.17, 15) is 9.59 Å². The van der Waals surface area contributed by atoms with Gasteiger partial charge in [-0.05, 0) is 43.3 Å². The second kappa shape index (κ2) is 8.76. The van der Waals surface area contributed by atoms with Crippen molar-refractivity contribution in [1.29, 1.82) is 0 Å². The lowest BCUT2D eigenvalue weighted by Gasteiger charge is -2.33. The fourth-order valence-corrected chi connectivity index (χ4v) is 3.77. The molecule has 1 saturated heterocycles. The molecule has 5 nitrogen and oxygen atoms in total. The summed E-state index contributed by atoms with van der Waals surface area (Å²) in [5.74, 6) is 2.29. The van der Waals surface area contributed by atoms with E-state index in [0.29, 0.717) is 30.2 Å². The summed E-state index contributed by atoms with van der Waals surface area (Å²) in [5.41, 5.74) is 0.534. The van der Waals surface area contributed by atoms with Crippen LogP contribution < -0.4 is 4.74 Å². The van der Waals surface area contributed by atoms with Gasteiger partial charge in [0, 0.05) is 23.6 Å². The molecule has 1 atom stereocenters. The first-order valence-corrected chi connectivity index (χ1v) is 9.73. The van der Waals surface area contributed by atoms with Crippen LogP contribution >= 0.6 is 11.8 Å². The molecule has 2 aromatic carbocycles. The zero-order valence-electron chi connectivity index (χ0n) is 14.6. The molecule has 1 heterocycles. The van der Waals surface area contributed by atoms with Gasteiger partial charge in [0.2, 0.25) is 0 Å². The number of hydrogen-bond acceptors (Lipinski definition) is 5. The SMILES string of the molecule is CCOC(=O)C1CSCCN1C(=O)c1ccc(Oc2ccccc2)cc1. The van der Waals surface area contributed by atoms with E-state index in [4.69, 9.17) is 9.47 Å². The highest BCUT2D eigenvalue weighted by Gasteiger charge is 2.34. The first-order valence-electron chi connectivity index (χ1n) is 8.57. The molecule has 2 aromatic rings. The number of carbonyl (C=O) groups is 2. The van der Waals surface area contributed by atoms with Crippen molar-refractivity contribution in [2.24, 2.45) is 0 Å². The Balaban J connectivity index is 1.71. The third-order valence-corrected chi connectivity index (χ3v) is 5.05. The Morgan fingerprint density at radius 2 is 1.77 bits per heavy atom. The number of para-hydroxylation sites is 1. The molecule has 26 heavy (non-hydrogen) atoms. The van der Waals surface area contributed by atoms with Crippen molar-refractivity contribution in [2.45, 2.75) is 13.0 Å². The largest absolute Gasteiger partial charge is 0.464 e. The van der Waals surface area contributed by atoms with Crippen LogP contribution in [-0.4, -0.2) is 47.5 Å². The molecule has 3 rings (SSSR count). The first kappa shape index (κ1) is 18.3. The molecule has 0 aromatic heterocycles. The van der Waals surface area contributed by atoms with E-state index in [2.05, 4.69) is 0 Å². The van der Waals surface area contributed by atoms with Crippen LogP contribution in [0.5, 0.6) is 11.5 Å². The molecule has 0 spiro atoms. The van der Waals surface area contributed by atoms with Gasteiger partial charge in [-0.25, -0.2) is 4.79 Å². The Labute approximate surface area is 157 Å². The third-order valence-electron chi connectivity index (χ3n) is 4.03. The first-order chi connectivity index (χ1) is 12.7. The molecule has 0 aliphatic carbocycles. The Morgan fingerprint density at radius 3 is 2.46 bits per heavy atom. The molecule has 0 saturated carbocycles. The summed E-state index contributed by atoms with van der Waals surface area (Å²) in [5, 5.41) is 0. The number of ether oxygens (including phenoxy) is 2. The summed E-state index contributed by atoms with van der Waals surface area (Å²) in [4.78, 5) is 26.6. The van der Waals surface area contributed by atoms with Gasteiger partial charge < -0.3 is 14.4 Å². The topological polar surface area (TPSA) is 55.8 Å². The number of amides is 1. The summed E-state index contributed by atoms with van der Waals surface area (Å²) in [6, 6.07) is 15.9. The van der Waals surface area contributed by atoms with E-state index in [1.54, 1.807) is 47.9 Å². The van der Waals surface area contributed by atoms with Gasteiger partial charge in [-0.15, -0.1) is 0 Å². The maximum Gasteiger partial charge on any atom is 0.329 e. The number of nitrogens with zero attached hydrogens (tertiary/aromatic N) is 1. The maximum absolute atomic E-state index is 12.9. The Kier molecular flexibility index (Phi) is 6.17. The Morgan fingerprint density at radius 1 is 1.08 bits per heavy atom. The van der Waals surface area contributed by atoms with Crippen molar-refractivity contribution < 1.29 is 19.1 Å². The predicted octanol–water partition coefficient (Wildman–Crippen LogP) is 3.60. The lowest BCUT2D eigenvalue weighted by atomic mass is 10.1. The van der Waals surface area contributed by atoms with Crippen molar-refractivity contribution in [3.63, 3.8) is 0 Å². The fraction of sp³-hybridized carbons (Fsp3) is 0.300. The minimum Gasteiger partial charge on any atom is -0.464 e. The van der Waals surface area contributed by atoms with Gasteiger partial charge in [0.1, 0.15) is 17.5 Å². The van der Waals surface area contributed by atoms with Crippen molar-refractivity contribution >= 4 is 23.6 Å². The number of thioether (sulfide) groups is 1. The molecule has 1 aliphatic rings. The van der Waals surface area contributed by atoms with Gasteiger partial charge in [0.05, 0.1) is 6.61 Å². The monoisotopic (exact) mass is 371 g/mol. The number of carbonyl (C=O) groups excluding carboxylic acids is 2. The molecule has 0 radical (unpaired) electrons. The van der Waals surface area contributed by atoms with Gasteiger partial charge in [-0.1, -0.05) is 18.2 Å². The fourth-order valence-electron chi connectivity index (χ4n) is 2.74. The van der Waals surface area contributed by atoms with Gasteiger partial charge in [-0.2, -0.15) is 11.8 Å². The van der Waals surface area contributed by atoms with Crippen LogP contribution in [0.2, 0.25) is 0 Å². The van der Waals surface area contributed by atoms with E-state index >= 15 is 0 Å². The quantitative estimate of drug-likeness (QED) is 0.752. The highest BCUT2D eigenvalue weighted by atomic mass is 32.2. The minimum absolute atomic E-state index is 0.158. The van der Waals surface area contributed by atoms with Crippen LogP contribution in [0.25, 0.3) is 0 Å². The average molecular weight is 371 g/mol. The Hall–Kier alpha value is -2.47. The average Bonchev–Trinajstić information content (AvgIpc) is 2.69. The zero-order chi connectivity index (χ0) is 18.4. The molecule has 1 amide bonds. The molecule has 6 heteroatoms. The Bertz CT molecular complexity index is 748. The predicted molar refractivity (Wildman–Crippen MR) is 102 cm³/mol. The van der Waals surface area contributed by atoms with Gasteiger partial charge in [0.25, 0.3) is 5.91 Å². The van der Waals surface area contributed by atoms with Crippen molar-refractivity contribution in [2.75, 3.05) is 24.7 Å². The number of esters is 1. The highest BCUT2D eigenvalue weighted by molar-refractivity contribution is 7.99. The minimum atomic E-state index is -0.526.